The maximum absolute atomic E-state index is 5.75. The number of piperidine rings is 1. The Bertz CT molecular complexity index is 318. The lowest BCUT2D eigenvalue weighted by Gasteiger charge is -2.35. The van der Waals surface area contributed by atoms with E-state index in [2.05, 4.69) is 5.32 Å². The van der Waals surface area contributed by atoms with E-state index in [0.29, 0.717) is 5.22 Å². The zero-order valence-corrected chi connectivity index (χ0v) is 9.64. The molecule has 0 aliphatic carbocycles. The normalized spacial score (nSPS) is 20.4. The molecule has 4 heteroatoms. The van der Waals surface area contributed by atoms with Crippen molar-refractivity contribution in [1.29, 1.82) is 0 Å². The highest BCUT2D eigenvalue weighted by Crippen LogP contribution is 2.28. The second kappa shape index (κ2) is 4.56. The van der Waals surface area contributed by atoms with Crippen LogP contribution in [-0.4, -0.2) is 25.8 Å². The molecule has 2 rings (SSSR count). The van der Waals surface area contributed by atoms with Gasteiger partial charge in [0.15, 0.2) is 5.22 Å². The van der Waals surface area contributed by atoms with Crippen molar-refractivity contribution in [2.45, 2.75) is 24.9 Å². The van der Waals surface area contributed by atoms with Crippen LogP contribution in [0.5, 0.6) is 0 Å². The Morgan fingerprint density at radius 3 is 2.73 bits per heavy atom. The van der Waals surface area contributed by atoms with E-state index in [9.17, 15) is 0 Å². The van der Waals surface area contributed by atoms with Crippen molar-refractivity contribution < 1.29 is 9.15 Å². The van der Waals surface area contributed by atoms with Crippen LogP contribution in [0, 0.1) is 0 Å². The van der Waals surface area contributed by atoms with Gasteiger partial charge in [-0.1, -0.05) is 0 Å². The van der Waals surface area contributed by atoms with Crippen LogP contribution in [0.3, 0.4) is 0 Å². The summed E-state index contributed by atoms with van der Waals surface area (Å²) < 4.78 is 11.0. The van der Waals surface area contributed by atoms with Gasteiger partial charge in [-0.15, -0.1) is 0 Å². The van der Waals surface area contributed by atoms with Crippen LogP contribution in [0.1, 0.15) is 18.6 Å². The molecule has 1 aromatic rings. The predicted octanol–water partition coefficient (Wildman–Crippen LogP) is 2.24. The minimum Gasteiger partial charge on any atom is -0.450 e. The highest BCUT2D eigenvalue weighted by atomic mass is 35.5. The maximum Gasteiger partial charge on any atom is 0.193 e. The monoisotopic (exact) mass is 229 g/mol. The van der Waals surface area contributed by atoms with Gasteiger partial charge in [0, 0.05) is 13.5 Å². The van der Waals surface area contributed by atoms with Gasteiger partial charge in [0.1, 0.15) is 5.76 Å². The second-order valence-corrected chi connectivity index (χ2v) is 4.39. The van der Waals surface area contributed by atoms with E-state index in [4.69, 9.17) is 20.8 Å². The Morgan fingerprint density at radius 1 is 1.47 bits per heavy atom. The summed E-state index contributed by atoms with van der Waals surface area (Å²) in [4.78, 5) is 0. The van der Waals surface area contributed by atoms with Crippen molar-refractivity contribution in [2.75, 3.05) is 20.2 Å². The van der Waals surface area contributed by atoms with Crippen molar-refractivity contribution in [2.24, 2.45) is 0 Å². The number of hydrogen-bond donors (Lipinski definition) is 1. The maximum atomic E-state index is 5.75. The minimum atomic E-state index is -0.0770. The van der Waals surface area contributed by atoms with E-state index in [-0.39, 0.29) is 5.60 Å². The van der Waals surface area contributed by atoms with Crippen molar-refractivity contribution in [1.82, 2.24) is 5.32 Å². The molecule has 1 saturated heterocycles. The molecule has 0 aromatic carbocycles. The van der Waals surface area contributed by atoms with Gasteiger partial charge in [-0.05, 0) is 49.7 Å². The quantitative estimate of drug-likeness (QED) is 0.863. The minimum absolute atomic E-state index is 0.0770. The van der Waals surface area contributed by atoms with Gasteiger partial charge in [0.05, 0.1) is 5.60 Å². The van der Waals surface area contributed by atoms with E-state index in [0.717, 1.165) is 38.1 Å². The molecule has 1 aliphatic rings. The Balaban J connectivity index is 2.06. The van der Waals surface area contributed by atoms with Gasteiger partial charge in [0.2, 0.25) is 0 Å². The predicted molar refractivity (Wildman–Crippen MR) is 59.3 cm³/mol. The number of halogens is 1. The van der Waals surface area contributed by atoms with Crippen molar-refractivity contribution >= 4 is 11.6 Å². The highest BCUT2D eigenvalue weighted by molar-refractivity contribution is 6.28. The first kappa shape index (κ1) is 11.0. The smallest absolute Gasteiger partial charge is 0.193 e. The van der Waals surface area contributed by atoms with E-state index in [1.54, 1.807) is 13.2 Å². The molecule has 3 nitrogen and oxygen atoms in total. The van der Waals surface area contributed by atoms with Crippen molar-refractivity contribution in [3.63, 3.8) is 0 Å². The molecule has 0 spiro atoms. The lowest BCUT2D eigenvalue weighted by atomic mass is 9.88. The molecular formula is C11H16ClNO2. The summed E-state index contributed by atoms with van der Waals surface area (Å²) in [5.41, 5.74) is -0.0770. The molecule has 0 saturated carbocycles. The molecule has 0 bridgehead atoms. The largest absolute Gasteiger partial charge is 0.450 e. The van der Waals surface area contributed by atoms with E-state index < -0.39 is 0 Å². The van der Waals surface area contributed by atoms with Gasteiger partial charge >= 0.3 is 0 Å². The van der Waals surface area contributed by atoms with Crippen molar-refractivity contribution in [3.8, 4) is 0 Å². The van der Waals surface area contributed by atoms with Crippen LogP contribution in [0.4, 0.5) is 0 Å². The van der Waals surface area contributed by atoms with Gasteiger partial charge in [0.25, 0.3) is 0 Å². The SMILES string of the molecule is COC1(Cc2ccc(Cl)o2)CCNCC1. The standard InChI is InChI=1S/C11H16ClNO2/c1-14-11(4-6-13-7-5-11)8-9-2-3-10(12)15-9/h2-3,13H,4-8H2,1H3. The molecule has 1 fully saturated rings. The second-order valence-electron chi connectivity index (χ2n) is 4.02. The van der Waals surface area contributed by atoms with Crippen molar-refractivity contribution in [3.05, 3.63) is 23.1 Å². The number of methoxy groups -OCH3 is 1. The number of hydrogen-bond acceptors (Lipinski definition) is 3. The third kappa shape index (κ3) is 2.54. The number of rotatable bonds is 3. The Hall–Kier alpha value is -0.510. The van der Waals surface area contributed by atoms with Gasteiger partial charge in [-0.25, -0.2) is 0 Å². The van der Waals surface area contributed by atoms with Crippen LogP contribution >= 0.6 is 11.6 Å². The van der Waals surface area contributed by atoms with Gasteiger partial charge in [-0.2, -0.15) is 0 Å². The molecule has 1 aromatic heterocycles. The van der Waals surface area contributed by atoms with E-state index in [1.807, 2.05) is 6.07 Å². The molecule has 0 amide bonds. The summed E-state index contributed by atoms with van der Waals surface area (Å²) in [6.07, 6.45) is 2.83. The molecule has 0 atom stereocenters. The first-order chi connectivity index (χ1) is 7.24. The van der Waals surface area contributed by atoms with Gasteiger partial charge in [-0.3, -0.25) is 0 Å². The fourth-order valence-electron chi connectivity index (χ4n) is 2.10. The average molecular weight is 230 g/mol. The summed E-state index contributed by atoms with van der Waals surface area (Å²) in [5.74, 6) is 0.906. The van der Waals surface area contributed by atoms with E-state index >= 15 is 0 Å². The number of furan rings is 1. The lowest BCUT2D eigenvalue weighted by molar-refractivity contribution is -0.0366. The molecule has 2 heterocycles. The number of nitrogens with one attached hydrogen (secondary N) is 1. The number of ether oxygens (including phenoxy) is 1. The summed E-state index contributed by atoms with van der Waals surface area (Å²) in [7, 11) is 1.77. The van der Waals surface area contributed by atoms with Crippen LogP contribution in [0.15, 0.2) is 16.5 Å². The Morgan fingerprint density at radius 2 is 2.20 bits per heavy atom. The highest BCUT2D eigenvalue weighted by Gasteiger charge is 2.33. The first-order valence-electron chi connectivity index (χ1n) is 5.24. The Labute approximate surface area is 94.7 Å². The third-order valence-corrected chi connectivity index (χ3v) is 3.28. The zero-order chi connectivity index (χ0) is 10.7. The fraction of sp³-hybridized carbons (Fsp3) is 0.636. The van der Waals surface area contributed by atoms with E-state index in [1.165, 1.54) is 0 Å². The average Bonchev–Trinajstić information content (AvgIpc) is 2.65. The topological polar surface area (TPSA) is 34.4 Å². The summed E-state index contributed by atoms with van der Waals surface area (Å²) in [6.45, 7) is 2.00. The Kier molecular flexibility index (Phi) is 3.34. The van der Waals surface area contributed by atoms with Crippen LogP contribution in [0.25, 0.3) is 0 Å². The van der Waals surface area contributed by atoms with Crippen LogP contribution in [-0.2, 0) is 11.2 Å². The van der Waals surface area contributed by atoms with Gasteiger partial charge < -0.3 is 14.5 Å². The molecule has 15 heavy (non-hydrogen) atoms. The fourth-order valence-corrected chi connectivity index (χ4v) is 2.26. The molecule has 0 unspecified atom stereocenters. The molecule has 84 valence electrons. The molecule has 1 aliphatic heterocycles. The van der Waals surface area contributed by atoms with Crippen LogP contribution in [0.2, 0.25) is 5.22 Å². The lowest BCUT2D eigenvalue weighted by Crippen LogP contribution is -2.44. The molecular weight excluding hydrogens is 214 g/mol. The third-order valence-electron chi connectivity index (χ3n) is 3.07. The molecule has 1 N–H and O–H groups in total. The zero-order valence-electron chi connectivity index (χ0n) is 8.88. The first-order valence-corrected chi connectivity index (χ1v) is 5.62. The molecule has 0 radical (unpaired) electrons. The summed E-state index contributed by atoms with van der Waals surface area (Å²) >= 11 is 5.75. The van der Waals surface area contributed by atoms with Crippen LogP contribution < -0.4 is 5.32 Å². The summed E-state index contributed by atoms with van der Waals surface area (Å²) in [5, 5.41) is 3.78. The summed E-state index contributed by atoms with van der Waals surface area (Å²) in [6, 6.07) is 3.70.